The summed E-state index contributed by atoms with van der Waals surface area (Å²) in [7, 11) is 0. The maximum atomic E-state index is 3.71. The minimum atomic E-state index is 0.817. The molecule has 0 atom stereocenters. The Kier molecular flexibility index (Phi) is 5.26. The summed E-state index contributed by atoms with van der Waals surface area (Å²) in [6, 6.07) is 0. The summed E-state index contributed by atoms with van der Waals surface area (Å²) >= 11 is 18.4. The van der Waals surface area contributed by atoms with Crippen molar-refractivity contribution in [1.29, 1.82) is 0 Å². The third kappa shape index (κ3) is 2.52. The van der Waals surface area contributed by atoms with Crippen molar-refractivity contribution in [3.63, 3.8) is 0 Å². The Morgan fingerprint density at radius 3 is 1.42 bits per heavy atom. The lowest BCUT2D eigenvalue weighted by Gasteiger charge is -2.19. The van der Waals surface area contributed by atoms with E-state index in [0.29, 0.717) is 0 Å². The predicted molar refractivity (Wildman–Crippen MR) is 102 cm³/mol. The predicted octanol–water partition coefficient (Wildman–Crippen LogP) is 7.71. The summed E-state index contributed by atoms with van der Waals surface area (Å²) in [5.74, 6) is 0. The molecule has 0 bridgehead atoms. The molecule has 0 aliphatic heterocycles. The first kappa shape index (κ1) is 16.5. The molecule has 0 aliphatic carbocycles. The zero-order chi connectivity index (χ0) is 14.5. The molecule has 0 amide bonds. The minimum absolute atomic E-state index is 0.817. The normalized spacial score (nSPS) is 11.4. The van der Waals surface area contributed by atoms with E-state index in [1.165, 1.54) is 33.0 Å². The summed E-state index contributed by atoms with van der Waals surface area (Å²) in [5.41, 5.74) is 5.07. The molecule has 0 N–H and O–H groups in total. The highest BCUT2D eigenvalue weighted by molar-refractivity contribution is 9.13. The monoisotopic (exact) mass is 574 g/mol. The second kappa shape index (κ2) is 6.07. The molecule has 5 heteroatoms. The number of alkyl halides is 1. The lowest BCUT2D eigenvalue weighted by Crippen LogP contribution is -1.97. The van der Waals surface area contributed by atoms with Crippen LogP contribution in [0.1, 0.15) is 22.3 Å². The smallest absolute Gasteiger partial charge is 0.0367 e. The fourth-order valence-electron chi connectivity index (χ4n) is 2.41. The van der Waals surface area contributed by atoms with Crippen LogP contribution in [0.2, 0.25) is 0 Å². The van der Waals surface area contributed by atoms with Crippen LogP contribution in [0.25, 0.3) is 10.8 Å². The van der Waals surface area contributed by atoms with Crippen LogP contribution >= 0.6 is 79.6 Å². The SMILES string of the molecule is Cc1c(Br)c(Br)c(C)c2c(CBr)c(Br)c(Br)c(C)c12. The van der Waals surface area contributed by atoms with Crippen molar-refractivity contribution in [2.24, 2.45) is 0 Å². The Morgan fingerprint density at radius 2 is 1.00 bits per heavy atom. The number of hydrogen-bond acceptors (Lipinski definition) is 0. The second-order valence-corrected chi connectivity index (χ2v) is 8.23. The Labute approximate surface area is 155 Å². The number of fused-ring (bicyclic) bond motifs is 1. The topological polar surface area (TPSA) is 0 Å². The van der Waals surface area contributed by atoms with Gasteiger partial charge >= 0.3 is 0 Å². The van der Waals surface area contributed by atoms with Crippen LogP contribution in [-0.4, -0.2) is 0 Å². The first-order valence-electron chi connectivity index (χ1n) is 5.63. The van der Waals surface area contributed by atoms with Gasteiger partial charge in [0.25, 0.3) is 0 Å². The van der Waals surface area contributed by atoms with Gasteiger partial charge in [0.05, 0.1) is 0 Å². The van der Waals surface area contributed by atoms with Crippen LogP contribution in [-0.2, 0) is 5.33 Å². The summed E-state index contributed by atoms with van der Waals surface area (Å²) in [5, 5.41) is 3.45. The van der Waals surface area contributed by atoms with E-state index in [9.17, 15) is 0 Å². The Morgan fingerprint density at radius 1 is 0.632 bits per heavy atom. The van der Waals surface area contributed by atoms with Crippen LogP contribution < -0.4 is 0 Å². The molecule has 2 aromatic rings. The van der Waals surface area contributed by atoms with E-state index < -0.39 is 0 Å². The molecule has 0 radical (unpaired) electrons. The summed E-state index contributed by atoms with van der Waals surface area (Å²) in [6.45, 7) is 6.46. The van der Waals surface area contributed by atoms with E-state index >= 15 is 0 Å². The molecular weight excluding hydrogens is 568 g/mol. The van der Waals surface area contributed by atoms with Gasteiger partial charge in [-0.15, -0.1) is 0 Å². The molecule has 0 nitrogen and oxygen atoms in total. The second-order valence-electron chi connectivity index (χ2n) is 4.49. The maximum Gasteiger partial charge on any atom is 0.0367 e. The van der Waals surface area contributed by atoms with Gasteiger partial charge in [0.2, 0.25) is 0 Å². The average molecular weight is 579 g/mol. The van der Waals surface area contributed by atoms with Crippen LogP contribution in [0, 0.1) is 20.8 Å². The third-order valence-electron chi connectivity index (χ3n) is 3.45. The highest BCUT2D eigenvalue weighted by Gasteiger charge is 2.20. The molecule has 0 spiro atoms. The quantitative estimate of drug-likeness (QED) is 0.304. The first-order valence-corrected chi connectivity index (χ1v) is 9.92. The van der Waals surface area contributed by atoms with Crippen molar-refractivity contribution in [2.45, 2.75) is 26.1 Å². The standard InChI is InChI=1S/C14H11Br5/c1-5-9-6(2)13(18)14(19)8(4-15)10(9)7(3)12(17)11(5)16/h4H2,1-3H3. The van der Waals surface area contributed by atoms with Gasteiger partial charge in [0.1, 0.15) is 0 Å². The maximum absolute atomic E-state index is 3.71. The van der Waals surface area contributed by atoms with Gasteiger partial charge in [0.15, 0.2) is 0 Å². The van der Waals surface area contributed by atoms with E-state index in [4.69, 9.17) is 0 Å². The lowest BCUT2D eigenvalue weighted by molar-refractivity contribution is 1.31. The summed E-state index contributed by atoms with van der Waals surface area (Å²) in [4.78, 5) is 0. The number of aryl methyl sites for hydroxylation is 3. The van der Waals surface area contributed by atoms with E-state index in [1.807, 2.05) is 0 Å². The zero-order valence-electron chi connectivity index (χ0n) is 10.6. The number of rotatable bonds is 1. The van der Waals surface area contributed by atoms with E-state index in [-0.39, 0.29) is 0 Å². The first-order chi connectivity index (χ1) is 8.82. The molecule has 2 aromatic carbocycles. The van der Waals surface area contributed by atoms with Crippen LogP contribution in [0.4, 0.5) is 0 Å². The molecular formula is C14H11Br5. The van der Waals surface area contributed by atoms with Crippen molar-refractivity contribution < 1.29 is 0 Å². The van der Waals surface area contributed by atoms with Crippen LogP contribution in [0.3, 0.4) is 0 Å². The molecule has 2 rings (SSSR count). The lowest BCUT2D eigenvalue weighted by atomic mass is 9.94. The highest BCUT2D eigenvalue weighted by Crippen LogP contribution is 2.45. The van der Waals surface area contributed by atoms with Crippen molar-refractivity contribution >= 4 is 90.4 Å². The summed E-state index contributed by atoms with van der Waals surface area (Å²) in [6.07, 6.45) is 0. The molecule has 19 heavy (non-hydrogen) atoms. The Hall–Kier alpha value is 1.10. The van der Waals surface area contributed by atoms with Gasteiger partial charge in [-0.25, -0.2) is 0 Å². The van der Waals surface area contributed by atoms with Crippen molar-refractivity contribution in [2.75, 3.05) is 0 Å². The molecule has 0 aromatic heterocycles. The Balaban J connectivity index is 3.21. The molecule has 0 saturated carbocycles. The molecule has 0 aliphatic rings. The number of halogens is 5. The molecule has 0 saturated heterocycles. The zero-order valence-corrected chi connectivity index (χ0v) is 18.5. The largest absolute Gasteiger partial charge is 0.0876 e. The van der Waals surface area contributed by atoms with Gasteiger partial charge in [-0.2, -0.15) is 0 Å². The van der Waals surface area contributed by atoms with Gasteiger partial charge in [-0.05, 0) is 118 Å². The fourth-order valence-corrected chi connectivity index (χ4v) is 5.41. The molecule has 102 valence electrons. The average Bonchev–Trinajstić information content (AvgIpc) is 2.40. The van der Waals surface area contributed by atoms with Gasteiger partial charge in [-0.1, -0.05) is 15.9 Å². The third-order valence-corrected chi connectivity index (χ3v) is 8.92. The van der Waals surface area contributed by atoms with Gasteiger partial charge < -0.3 is 0 Å². The highest BCUT2D eigenvalue weighted by atomic mass is 79.9. The van der Waals surface area contributed by atoms with Crippen LogP contribution in [0.15, 0.2) is 17.9 Å². The van der Waals surface area contributed by atoms with Crippen molar-refractivity contribution in [3.05, 3.63) is 40.1 Å². The van der Waals surface area contributed by atoms with E-state index in [0.717, 1.165) is 23.2 Å². The van der Waals surface area contributed by atoms with E-state index in [1.54, 1.807) is 0 Å². The van der Waals surface area contributed by atoms with Crippen molar-refractivity contribution in [1.82, 2.24) is 0 Å². The van der Waals surface area contributed by atoms with Crippen LogP contribution in [0.5, 0.6) is 0 Å². The molecule has 0 fully saturated rings. The van der Waals surface area contributed by atoms with Gasteiger partial charge in [-0.3, -0.25) is 0 Å². The number of hydrogen-bond donors (Lipinski definition) is 0. The van der Waals surface area contributed by atoms with E-state index in [2.05, 4.69) is 100 Å². The van der Waals surface area contributed by atoms with Gasteiger partial charge in [0, 0.05) is 23.2 Å². The Bertz CT molecular complexity index is 681. The van der Waals surface area contributed by atoms with Crippen molar-refractivity contribution in [3.8, 4) is 0 Å². The minimum Gasteiger partial charge on any atom is -0.0876 e. The number of benzene rings is 2. The molecule has 0 heterocycles. The molecule has 0 unspecified atom stereocenters. The fraction of sp³-hybridized carbons (Fsp3) is 0.286. The summed E-state index contributed by atoms with van der Waals surface area (Å²) < 4.78 is 4.53.